The van der Waals surface area contributed by atoms with Gasteiger partial charge in [0, 0.05) is 0 Å². The number of carboxylic acids is 1. The van der Waals surface area contributed by atoms with Crippen molar-refractivity contribution in [2.75, 3.05) is 17.6 Å². The molecular weight excluding hydrogens is 290 g/mol. The van der Waals surface area contributed by atoms with Crippen molar-refractivity contribution < 1.29 is 15.1 Å². The summed E-state index contributed by atoms with van der Waals surface area (Å²) in [6.07, 6.45) is 6.02. The number of hydroxylamine groups is 1. The number of allylic oxidation sites excluding steroid dienone is 1. The molecule has 0 radical (unpaired) electrons. The van der Waals surface area contributed by atoms with E-state index in [-0.39, 0.29) is 30.4 Å². The van der Waals surface area contributed by atoms with Crippen molar-refractivity contribution in [3.63, 3.8) is 0 Å². The van der Waals surface area contributed by atoms with Crippen LogP contribution in [0.25, 0.3) is 11.2 Å². The van der Waals surface area contributed by atoms with Crippen LogP contribution in [0, 0.1) is 0 Å². The van der Waals surface area contributed by atoms with Gasteiger partial charge in [0.2, 0.25) is 5.95 Å². The fourth-order valence-corrected chi connectivity index (χ4v) is 2.44. The predicted molar refractivity (Wildman–Crippen MR) is 77.4 cm³/mol. The van der Waals surface area contributed by atoms with Crippen LogP contribution < -0.4 is 16.5 Å². The van der Waals surface area contributed by atoms with Crippen LogP contribution in [0.5, 0.6) is 0 Å². The second kappa shape index (κ2) is 5.58. The van der Waals surface area contributed by atoms with Gasteiger partial charge in [0.25, 0.3) is 0 Å². The van der Waals surface area contributed by atoms with Gasteiger partial charge >= 0.3 is 5.97 Å². The quantitative estimate of drug-likeness (QED) is 0.372. The van der Waals surface area contributed by atoms with Gasteiger partial charge in [-0.2, -0.15) is 15.4 Å². The van der Waals surface area contributed by atoms with E-state index < -0.39 is 5.97 Å². The standard InChI is InChI=1S/C12H15N7O3/c13-12-16-10(14-4-8(20)21)9-11(17-12)19(5-15-9)7-2-1-6(3-7)18-22/h1-2,5-7,18,22H,3-4H2,(H,20,21)(H3,13,14,16,17). The first kappa shape index (κ1) is 14.2. The smallest absolute Gasteiger partial charge is 0.322 e. The Labute approximate surface area is 124 Å². The molecule has 3 rings (SSSR count). The fraction of sp³-hybridized carbons (Fsp3) is 0.333. The number of hydrogen-bond donors (Lipinski definition) is 5. The van der Waals surface area contributed by atoms with Gasteiger partial charge in [-0.15, -0.1) is 0 Å². The van der Waals surface area contributed by atoms with Gasteiger partial charge in [-0.3, -0.25) is 4.79 Å². The molecule has 6 N–H and O–H groups in total. The molecule has 2 heterocycles. The van der Waals surface area contributed by atoms with E-state index in [2.05, 4.69) is 25.7 Å². The number of imidazole rings is 1. The molecule has 0 aliphatic heterocycles. The van der Waals surface area contributed by atoms with Crippen molar-refractivity contribution in [3.8, 4) is 0 Å². The van der Waals surface area contributed by atoms with E-state index in [1.54, 1.807) is 6.33 Å². The Balaban J connectivity index is 1.97. The first-order chi connectivity index (χ1) is 10.6. The Kier molecular flexibility index (Phi) is 3.61. The Hall–Kier alpha value is -2.72. The molecule has 22 heavy (non-hydrogen) atoms. The Morgan fingerprint density at radius 3 is 2.95 bits per heavy atom. The molecule has 1 aliphatic carbocycles. The number of nitrogen functional groups attached to an aromatic ring is 1. The number of rotatable bonds is 5. The number of aromatic nitrogens is 4. The molecule has 0 fully saturated rings. The number of nitrogens with two attached hydrogens (primary N) is 1. The molecule has 2 aromatic heterocycles. The molecule has 10 heteroatoms. The van der Waals surface area contributed by atoms with E-state index >= 15 is 0 Å². The van der Waals surface area contributed by atoms with Crippen LogP contribution in [0.2, 0.25) is 0 Å². The van der Waals surface area contributed by atoms with Crippen molar-refractivity contribution >= 4 is 28.9 Å². The topological polar surface area (TPSA) is 151 Å². The van der Waals surface area contributed by atoms with Crippen molar-refractivity contribution in [3.05, 3.63) is 18.5 Å². The highest BCUT2D eigenvalue weighted by molar-refractivity contribution is 5.86. The number of hydrogen-bond acceptors (Lipinski definition) is 8. The van der Waals surface area contributed by atoms with Crippen LogP contribution in [0.3, 0.4) is 0 Å². The number of fused-ring (bicyclic) bond motifs is 1. The molecule has 0 spiro atoms. The summed E-state index contributed by atoms with van der Waals surface area (Å²) < 4.78 is 1.81. The summed E-state index contributed by atoms with van der Waals surface area (Å²) in [5.41, 5.74) is 8.85. The summed E-state index contributed by atoms with van der Waals surface area (Å²) in [4.78, 5) is 23.1. The molecule has 2 aromatic rings. The summed E-state index contributed by atoms with van der Waals surface area (Å²) in [5.74, 6) is -0.705. The number of nitrogens with zero attached hydrogens (tertiary/aromatic N) is 4. The lowest BCUT2D eigenvalue weighted by Gasteiger charge is -2.13. The van der Waals surface area contributed by atoms with Crippen molar-refractivity contribution in [1.82, 2.24) is 25.0 Å². The summed E-state index contributed by atoms with van der Waals surface area (Å²) >= 11 is 0. The van der Waals surface area contributed by atoms with Gasteiger partial charge in [-0.1, -0.05) is 12.2 Å². The lowest BCUT2D eigenvalue weighted by molar-refractivity contribution is -0.134. The number of carbonyl (C=O) groups is 1. The molecule has 2 atom stereocenters. The van der Waals surface area contributed by atoms with E-state index in [9.17, 15) is 4.79 Å². The molecule has 0 aromatic carbocycles. The number of anilines is 2. The van der Waals surface area contributed by atoms with E-state index in [1.165, 1.54) is 0 Å². The van der Waals surface area contributed by atoms with Gasteiger partial charge in [-0.25, -0.2) is 4.98 Å². The molecule has 0 bridgehead atoms. The number of carboxylic acid groups (broad SMARTS) is 1. The molecule has 116 valence electrons. The van der Waals surface area contributed by atoms with Gasteiger partial charge in [0.1, 0.15) is 6.54 Å². The minimum Gasteiger partial charge on any atom is -0.480 e. The molecule has 0 amide bonds. The molecular formula is C12H15N7O3. The predicted octanol–water partition coefficient (Wildman–Crippen LogP) is -0.247. The zero-order chi connectivity index (χ0) is 15.7. The van der Waals surface area contributed by atoms with E-state index in [4.69, 9.17) is 16.0 Å². The average Bonchev–Trinajstić information content (AvgIpc) is 3.10. The molecule has 2 unspecified atom stereocenters. The van der Waals surface area contributed by atoms with E-state index in [0.29, 0.717) is 17.6 Å². The lowest BCUT2D eigenvalue weighted by Crippen LogP contribution is -2.22. The molecule has 1 aliphatic rings. The Morgan fingerprint density at radius 1 is 1.45 bits per heavy atom. The zero-order valence-electron chi connectivity index (χ0n) is 11.5. The summed E-state index contributed by atoms with van der Waals surface area (Å²) in [7, 11) is 0. The molecule has 0 saturated carbocycles. The highest BCUT2D eigenvalue weighted by Gasteiger charge is 2.23. The fourth-order valence-electron chi connectivity index (χ4n) is 2.44. The third-order valence-corrected chi connectivity index (χ3v) is 3.43. The van der Waals surface area contributed by atoms with Crippen LogP contribution >= 0.6 is 0 Å². The third kappa shape index (κ3) is 2.56. The van der Waals surface area contributed by atoms with Gasteiger partial charge < -0.3 is 25.9 Å². The first-order valence-electron chi connectivity index (χ1n) is 6.62. The number of nitrogens with one attached hydrogen (secondary N) is 2. The van der Waals surface area contributed by atoms with Crippen molar-refractivity contribution in [2.45, 2.75) is 18.5 Å². The molecule has 10 nitrogen and oxygen atoms in total. The maximum absolute atomic E-state index is 10.7. The normalized spacial score (nSPS) is 20.6. The largest absolute Gasteiger partial charge is 0.480 e. The first-order valence-corrected chi connectivity index (χ1v) is 6.62. The molecule has 0 saturated heterocycles. The van der Waals surface area contributed by atoms with Gasteiger partial charge in [-0.05, 0) is 6.42 Å². The Morgan fingerprint density at radius 2 is 2.27 bits per heavy atom. The van der Waals surface area contributed by atoms with Crippen LogP contribution in [0.4, 0.5) is 11.8 Å². The zero-order valence-corrected chi connectivity index (χ0v) is 11.5. The maximum atomic E-state index is 10.7. The SMILES string of the molecule is Nc1nc(NCC(=O)O)c2ncn(C3C=CC(NO)C3)c2n1. The van der Waals surface area contributed by atoms with Crippen molar-refractivity contribution in [2.24, 2.45) is 0 Å². The lowest BCUT2D eigenvalue weighted by atomic mass is 10.2. The second-order valence-electron chi connectivity index (χ2n) is 4.93. The second-order valence-corrected chi connectivity index (χ2v) is 4.93. The maximum Gasteiger partial charge on any atom is 0.322 e. The van der Waals surface area contributed by atoms with Crippen LogP contribution in [0.1, 0.15) is 12.5 Å². The van der Waals surface area contributed by atoms with Crippen LogP contribution in [-0.2, 0) is 4.79 Å². The van der Waals surface area contributed by atoms with Crippen LogP contribution in [0.15, 0.2) is 18.5 Å². The highest BCUT2D eigenvalue weighted by Crippen LogP contribution is 2.28. The van der Waals surface area contributed by atoms with E-state index in [0.717, 1.165) is 0 Å². The average molecular weight is 305 g/mol. The highest BCUT2D eigenvalue weighted by atomic mass is 16.5. The minimum absolute atomic E-state index is 0.0287. The summed E-state index contributed by atoms with van der Waals surface area (Å²) in [6.45, 7) is -0.293. The number of aliphatic carboxylic acids is 1. The Bertz CT molecular complexity index is 742. The summed E-state index contributed by atoms with van der Waals surface area (Å²) in [6, 6.07) is -0.164. The van der Waals surface area contributed by atoms with Crippen LogP contribution in [-0.4, -0.2) is 48.4 Å². The third-order valence-electron chi connectivity index (χ3n) is 3.43. The van der Waals surface area contributed by atoms with Crippen molar-refractivity contribution in [1.29, 1.82) is 0 Å². The van der Waals surface area contributed by atoms with Gasteiger partial charge in [0.15, 0.2) is 17.0 Å². The minimum atomic E-state index is -1.01. The van der Waals surface area contributed by atoms with Gasteiger partial charge in [0.05, 0.1) is 18.4 Å². The summed E-state index contributed by atoms with van der Waals surface area (Å²) in [5, 5.41) is 20.4. The monoisotopic (exact) mass is 305 g/mol. The van der Waals surface area contributed by atoms with E-state index in [1.807, 2.05) is 16.7 Å².